The number of likely N-dealkylation sites (tertiary alicyclic amines) is 1. The first-order valence-corrected chi connectivity index (χ1v) is 12.1. The predicted molar refractivity (Wildman–Crippen MR) is 110 cm³/mol. The molecule has 7 heteroatoms. The zero-order valence-corrected chi connectivity index (χ0v) is 17.7. The molecule has 2 unspecified atom stereocenters. The first-order valence-electron chi connectivity index (χ1n) is 10.3. The molecular formula is C21H32N2O4S. The molecule has 2 aliphatic rings. The Kier molecular flexibility index (Phi) is 6.99. The number of carbonyl (C=O) groups excluding carboxylic acids is 1. The van der Waals surface area contributed by atoms with Crippen molar-refractivity contribution in [3.8, 4) is 5.75 Å². The lowest BCUT2D eigenvalue weighted by Gasteiger charge is -2.35. The van der Waals surface area contributed by atoms with Crippen LogP contribution < -0.4 is 10.1 Å². The van der Waals surface area contributed by atoms with Gasteiger partial charge in [0.25, 0.3) is 0 Å². The molecule has 0 spiro atoms. The number of rotatable bonds is 7. The van der Waals surface area contributed by atoms with Gasteiger partial charge in [0.1, 0.15) is 5.75 Å². The highest BCUT2D eigenvalue weighted by Crippen LogP contribution is 2.23. The van der Waals surface area contributed by atoms with Crippen LogP contribution in [0.3, 0.4) is 0 Å². The lowest BCUT2D eigenvalue weighted by Crippen LogP contribution is -2.52. The van der Waals surface area contributed by atoms with Gasteiger partial charge in [0.05, 0.1) is 30.6 Å². The molecule has 0 aromatic heterocycles. The molecule has 28 heavy (non-hydrogen) atoms. The average molecular weight is 409 g/mol. The van der Waals surface area contributed by atoms with Gasteiger partial charge in [0, 0.05) is 6.04 Å². The van der Waals surface area contributed by atoms with Crippen LogP contribution in [0.15, 0.2) is 24.3 Å². The van der Waals surface area contributed by atoms with E-state index in [4.69, 9.17) is 4.74 Å². The monoisotopic (exact) mass is 408 g/mol. The van der Waals surface area contributed by atoms with Gasteiger partial charge in [-0.25, -0.2) is 8.42 Å². The maximum absolute atomic E-state index is 12.4. The molecule has 0 aliphatic carbocycles. The summed E-state index contributed by atoms with van der Waals surface area (Å²) in [6.45, 7) is 6.39. The fourth-order valence-corrected chi connectivity index (χ4v) is 6.02. The quantitative estimate of drug-likeness (QED) is 0.750. The third-order valence-corrected chi connectivity index (χ3v) is 7.39. The molecule has 3 rings (SSSR count). The standard InChI is InChI=1S/C21H32N2O4S/c1-16(2)17-6-8-18(9-7-17)27-13-10-21(24)22-19-14-28(25,26)15-20(19)23-11-4-3-5-12-23/h6-9,16,19-20H,3-5,10-15H2,1-2H3,(H,22,24). The van der Waals surface area contributed by atoms with E-state index in [1.165, 1.54) is 12.0 Å². The number of ether oxygens (including phenoxy) is 1. The molecule has 2 fully saturated rings. The molecular weight excluding hydrogens is 376 g/mol. The maximum Gasteiger partial charge on any atom is 0.223 e. The molecule has 1 aromatic carbocycles. The topological polar surface area (TPSA) is 75.7 Å². The summed E-state index contributed by atoms with van der Waals surface area (Å²) in [4.78, 5) is 14.6. The van der Waals surface area contributed by atoms with Gasteiger partial charge in [0.2, 0.25) is 5.91 Å². The lowest BCUT2D eigenvalue weighted by atomic mass is 10.0. The van der Waals surface area contributed by atoms with Crippen molar-refractivity contribution >= 4 is 15.7 Å². The van der Waals surface area contributed by atoms with E-state index >= 15 is 0 Å². The second kappa shape index (κ2) is 9.27. The Hall–Kier alpha value is -1.60. The summed E-state index contributed by atoms with van der Waals surface area (Å²) in [7, 11) is -3.10. The van der Waals surface area contributed by atoms with Crippen LogP contribution in [-0.4, -0.2) is 62.5 Å². The number of nitrogens with one attached hydrogen (secondary N) is 1. The summed E-state index contributed by atoms with van der Waals surface area (Å²) in [6.07, 6.45) is 3.61. The van der Waals surface area contributed by atoms with Crippen LogP contribution in [0.1, 0.15) is 51.0 Å². The molecule has 0 radical (unpaired) electrons. The molecule has 2 atom stereocenters. The SMILES string of the molecule is CC(C)c1ccc(OCCC(=O)NC2CS(=O)(=O)CC2N2CCCCC2)cc1. The fourth-order valence-electron chi connectivity index (χ4n) is 4.07. The number of amides is 1. The van der Waals surface area contributed by atoms with E-state index in [0.717, 1.165) is 31.7 Å². The number of nitrogens with zero attached hydrogens (tertiary/aromatic N) is 1. The van der Waals surface area contributed by atoms with Crippen LogP contribution in [0.2, 0.25) is 0 Å². The first kappa shape index (κ1) is 21.1. The van der Waals surface area contributed by atoms with E-state index in [1.54, 1.807) is 0 Å². The number of carbonyl (C=O) groups is 1. The van der Waals surface area contributed by atoms with Crippen molar-refractivity contribution in [2.45, 2.75) is 57.5 Å². The predicted octanol–water partition coefficient (Wildman–Crippen LogP) is 2.35. The van der Waals surface area contributed by atoms with E-state index in [1.807, 2.05) is 24.3 Å². The second-order valence-corrected chi connectivity index (χ2v) is 10.4. The van der Waals surface area contributed by atoms with Crippen LogP contribution in [0, 0.1) is 0 Å². The van der Waals surface area contributed by atoms with E-state index in [2.05, 4.69) is 24.1 Å². The van der Waals surface area contributed by atoms with Crippen molar-refractivity contribution in [1.82, 2.24) is 10.2 Å². The number of piperidine rings is 1. The van der Waals surface area contributed by atoms with Gasteiger partial charge < -0.3 is 10.1 Å². The van der Waals surface area contributed by atoms with Crippen LogP contribution in [0.25, 0.3) is 0 Å². The number of sulfone groups is 1. The normalized spacial score (nSPS) is 25.0. The summed E-state index contributed by atoms with van der Waals surface area (Å²) in [5.41, 5.74) is 1.25. The van der Waals surface area contributed by atoms with Crippen molar-refractivity contribution in [3.63, 3.8) is 0 Å². The van der Waals surface area contributed by atoms with Crippen molar-refractivity contribution < 1.29 is 17.9 Å². The van der Waals surface area contributed by atoms with Crippen LogP contribution in [0.4, 0.5) is 0 Å². The Morgan fingerprint density at radius 3 is 2.46 bits per heavy atom. The van der Waals surface area contributed by atoms with Gasteiger partial charge in [-0.2, -0.15) is 0 Å². The van der Waals surface area contributed by atoms with Gasteiger partial charge in [-0.15, -0.1) is 0 Å². The Morgan fingerprint density at radius 1 is 1.14 bits per heavy atom. The highest BCUT2D eigenvalue weighted by molar-refractivity contribution is 7.91. The summed E-state index contributed by atoms with van der Waals surface area (Å²) in [6, 6.07) is 7.49. The van der Waals surface area contributed by atoms with Gasteiger partial charge in [0.15, 0.2) is 9.84 Å². The molecule has 2 saturated heterocycles. The van der Waals surface area contributed by atoms with E-state index in [9.17, 15) is 13.2 Å². The largest absolute Gasteiger partial charge is 0.493 e. The fraction of sp³-hybridized carbons (Fsp3) is 0.667. The number of hydrogen-bond donors (Lipinski definition) is 1. The molecule has 1 N–H and O–H groups in total. The number of benzene rings is 1. The van der Waals surface area contributed by atoms with Crippen LogP contribution in [0.5, 0.6) is 5.75 Å². The molecule has 0 bridgehead atoms. The highest BCUT2D eigenvalue weighted by atomic mass is 32.2. The van der Waals surface area contributed by atoms with E-state index in [0.29, 0.717) is 5.92 Å². The first-order chi connectivity index (χ1) is 13.3. The van der Waals surface area contributed by atoms with Crippen molar-refractivity contribution in [2.24, 2.45) is 0 Å². The molecule has 156 valence electrons. The Bertz CT molecular complexity index is 755. The van der Waals surface area contributed by atoms with Gasteiger partial charge in [-0.05, 0) is 49.5 Å². The highest BCUT2D eigenvalue weighted by Gasteiger charge is 2.41. The zero-order valence-electron chi connectivity index (χ0n) is 16.9. The Morgan fingerprint density at radius 2 is 1.82 bits per heavy atom. The lowest BCUT2D eigenvalue weighted by molar-refractivity contribution is -0.122. The molecule has 1 amide bonds. The van der Waals surface area contributed by atoms with Gasteiger partial charge in [-0.3, -0.25) is 9.69 Å². The summed E-state index contributed by atoms with van der Waals surface area (Å²) in [5, 5.41) is 2.95. The minimum Gasteiger partial charge on any atom is -0.493 e. The van der Waals surface area contributed by atoms with Crippen LogP contribution in [-0.2, 0) is 14.6 Å². The smallest absolute Gasteiger partial charge is 0.223 e. The maximum atomic E-state index is 12.4. The zero-order chi connectivity index (χ0) is 20.1. The minimum atomic E-state index is -3.10. The Balaban J connectivity index is 1.48. The third-order valence-electron chi connectivity index (χ3n) is 5.67. The van der Waals surface area contributed by atoms with Gasteiger partial charge >= 0.3 is 0 Å². The van der Waals surface area contributed by atoms with Crippen molar-refractivity contribution in [2.75, 3.05) is 31.2 Å². The van der Waals surface area contributed by atoms with E-state index in [-0.39, 0.29) is 42.5 Å². The Labute approximate surface area is 168 Å². The second-order valence-electron chi connectivity index (χ2n) is 8.24. The van der Waals surface area contributed by atoms with Crippen LogP contribution >= 0.6 is 0 Å². The molecule has 2 heterocycles. The summed E-state index contributed by atoms with van der Waals surface area (Å²) >= 11 is 0. The number of hydrogen-bond acceptors (Lipinski definition) is 5. The third kappa shape index (κ3) is 5.70. The van der Waals surface area contributed by atoms with Crippen molar-refractivity contribution in [1.29, 1.82) is 0 Å². The molecule has 2 aliphatic heterocycles. The van der Waals surface area contributed by atoms with Crippen molar-refractivity contribution in [3.05, 3.63) is 29.8 Å². The summed E-state index contributed by atoms with van der Waals surface area (Å²) in [5.74, 6) is 1.25. The molecule has 6 nitrogen and oxygen atoms in total. The summed E-state index contributed by atoms with van der Waals surface area (Å²) < 4.78 is 30.0. The van der Waals surface area contributed by atoms with E-state index < -0.39 is 9.84 Å². The molecule has 0 saturated carbocycles. The van der Waals surface area contributed by atoms with Gasteiger partial charge in [-0.1, -0.05) is 32.4 Å². The molecule has 1 aromatic rings. The average Bonchev–Trinajstić information content (AvgIpc) is 2.97. The minimum absolute atomic E-state index is 0.0391.